The molecule has 8 nitrogen and oxygen atoms in total. The summed E-state index contributed by atoms with van der Waals surface area (Å²) >= 11 is 0. The smallest absolute Gasteiger partial charge is 0.227 e. The van der Waals surface area contributed by atoms with E-state index < -0.39 is 5.82 Å². The van der Waals surface area contributed by atoms with Crippen molar-refractivity contribution in [1.29, 1.82) is 0 Å². The van der Waals surface area contributed by atoms with E-state index in [9.17, 15) is 18.7 Å². The molecule has 0 aliphatic rings. The largest absolute Gasteiger partial charge is 0.494 e. The zero-order valence-corrected chi connectivity index (χ0v) is 19.3. The number of nitrogens with one attached hydrogen (secondary N) is 2. The number of aromatic nitrogens is 3. The first-order valence-electron chi connectivity index (χ1n) is 11.1. The average Bonchev–Trinajstić information content (AvgIpc) is 3.22. The minimum absolute atomic E-state index is 0.00117. The van der Waals surface area contributed by atoms with Gasteiger partial charge in [0.1, 0.15) is 11.6 Å². The quantitative estimate of drug-likeness (QED) is 0.316. The third-order valence-electron chi connectivity index (χ3n) is 5.46. The zero-order valence-electron chi connectivity index (χ0n) is 19.3. The number of carbonyl (C=O) groups is 1. The van der Waals surface area contributed by atoms with Crippen LogP contribution in [0.5, 0.6) is 5.75 Å². The van der Waals surface area contributed by atoms with Gasteiger partial charge in [-0.15, -0.1) is 0 Å². The number of benzene rings is 2. The second-order valence-electron chi connectivity index (χ2n) is 7.80. The lowest BCUT2D eigenvalue weighted by Gasteiger charge is -2.14. The lowest BCUT2D eigenvalue weighted by Crippen LogP contribution is -2.11. The highest BCUT2D eigenvalue weighted by Crippen LogP contribution is 2.34. The predicted octanol–water partition coefficient (Wildman–Crippen LogP) is 4.86. The molecule has 182 valence electrons. The van der Waals surface area contributed by atoms with Crippen molar-refractivity contribution >= 4 is 34.1 Å². The summed E-state index contributed by atoms with van der Waals surface area (Å²) in [6, 6.07) is 8.81. The summed E-state index contributed by atoms with van der Waals surface area (Å²) in [7, 11) is 1.40. The second-order valence-corrected chi connectivity index (χ2v) is 7.80. The maximum atomic E-state index is 14.4. The monoisotopic (exact) mass is 481 g/mol. The van der Waals surface area contributed by atoms with Gasteiger partial charge in [-0.25, -0.2) is 18.7 Å². The first kappa shape index (κ1) is 24.1. The number of nitrogens with zero attached hydrogens (tertiary/aromatic N) is 3. The van der Waals surface area contributed by atoms with Gasteiger partial charge in [-0.3, -0.25) is 4.79 Å². The first-order chi connectivity index (χ1) is 16.9. The average molecular weight is 482 g/mol. The van der Waals surface area contributed by atoms with Crippen molar-refractivity contribution in [2.24, 2.45) is 0 Å². The van der Waals surface area contributed by atoms with Crippen molar-refractivity contribution < 1.29 is 23.4 Å². The molecule has 3 N–H and O–H groups in total. The van der Waals surface area contributed by atoms with Gasteiger partial charge in [-0.2, -0.15) is 0 Å². The van der Waals surface area contributed by atoms with Gasteiger partial charge in [0.25, 0.3) is 0 Å². The minimum Gasteiger partial charge on any atom is -0.494 e. The number of ether oxygens (including phenoxy) is 1. The number of hydrogen-bond acceptors (Lipinski definition) is 6. The van der Waals surface area contributed by atoms with E-state index >= 15 is 0 Å². The molecule has 0 bridgehead atoms. The highest BCUT2D eigenvalue weighted by atomic mass is 19.1. The Morgan fingerprint density at radius 3 is 2.74 bits per heavy atom. The molecule has 1 amide bonds. The van der Waals surface area contributed by atoms with Crippen LogP contribution in [0.3, 0.4) is 0 Å². The van der Waals surface area contributed by atoms with E-state index in [1.807, 2.05) is 10.8 Å². The fourth-order valence-corrected chi connectivity index (χ4v) is 3.74. The van der Waals surface area contributed by atoms with Crippen LogP contribution in [-0.2, 0) is 11.3 Å². The third kappa shape index (κ3) is 5.22. The molecule has 2 aromatic heterocycles. The van der Waals surface area contributed by atoms with Crippen molar-refractivity contribution in [3.05, 3.63) is 60.4 Å². The Morgan fingerprint density at radius 1 is 1.17 bits per heavy atom. The lowest BCUT2D eigenvalue weighted by atomic mass is 10.1. The standard InChI is InChI=1S/C25H25F2N5O3/c1-3-24(34)29-20-13-21(23(35-2)12-18(20)27)31-25-28-8-7-19(30-25)17-14-32(9-4-10-33)22-6-5-15(26)11-16(17)22/h5-8,11-14,33H,3-4,9-10H2,1-2H3,(H,29,34)(H,28,30,31). The van der Waals surface area contributed by atoms with Crippen LogP contribution in [0.25, 0.3) is 22.2 Å². The van der Waals surface area contributed by atoms with Crippen LogP contribution in [0.15, 0.2) is 48.8 Å². The summed E-state index contributed by atoms with van der Waals surface area (Å²) in [6.45, 7) is 2.27. The van der Waals surface area contributed by atoms with Crippen LogP contribution < -0.4 is 15.4 Å². The Hall–Kier alpha value is -4.05. The van der Waals surface area contributed by atoms with Crippen molar-refractivity contribution in [2.75, 3.05) is 24.4 Å². The van der Waals surface area contributed by atoms with Crippen LogP contribution in [0.1, 0.15) is 19.8 Å². The van der Waals surface area contributed by atoms with Gasteiger partial charge < -0.3 is 25.0 Å². The number of rotatable bonds is 9. The molecule has 0 spiro atoms. The number of aliphatic hydroxyl groups is 1. The van der Waals surface area contributed by atoms with Crippen LogP contribution in [-0.4, -0.2) is 39.3 Å². The summed E-state index contributed by atoms with van der Waals surface area (Å²) in [5.41, 5.74) is 2.42. The van der Waals surface area contributed by atoms with Gasteiger partial charge in [-0.05, 0) is 36.8 Å². The SMILES string of the molecule is CCC(=O)Nc1cc(Nc2nccc(-c3cn(CCCO)c4ccc(F)cc34)n2)c(OC)cc1F. The fraction of sp³-hybridized carbons (Fsp3) is 0.240. The van der Waals surface area contributed by atoms with Gasteiger partial charge >= 0.3 is 0 Å². The van der Waals surface area contributed by atoms with Crippen molar-refractivity contribution in [1.82, 2.24) is 14.5 Å². The summed E-state index contributed by atoms with van der Waals surface area (Å²) in [4.78, 5) is 20.6. The number of anilines is 3. The Bertz CT molecular complexity index is 1370. The highest BCUT2D eigenvalue weighted by molar-refractivity contribution is 5.95. The molecular weight excluding hydrogens is 456 g/mol. The second kappa shape index (κ2) is 10.5. The van der Waals surface area contributed by atoms with Crippen LogP contribution in [0, 0.1) is 11.6 Å². The molecule has 0 aliphatic carbocycles. The summed E-state index contributed by atoms with van der Waals surface area (Å²) in [5, 5.41) is 15.4. The molecule has 0 radical (unpaired) electrons. The molecule has 10 heteroatoms. The molecule has 0 saturated heterocycles. The molecular formula is C25H25F2N5O3. The van der Waals surface area contributed by atoms with Crippen LogP contribution in [0.2, 0.25) is 0 Å². The zero-order chi connectivity index (χ0) is 24.9. The minimum atomic E-state index is -0.637. The van der Waals surface area contributed by atoms with Crippen molar-refractivity contribution in [3.8, 4) is 17.0 Å². The Kier molecular flexibility index (Phi) is 7.21. The maximum Gasteiger partial charge on any atom is 0.227 e. The molecule has 0 unspecified atom stereocenters. The molecule has 35 heavy (non-hydrogen) atoms. The van der Waals surface area contributed by atoms with Gasteiger partial charge in [-0.1, -0.05) is 6.92 Å². The van der Waals surface area contributed by atoms with Gasteiger partial charge in [0.05, 0.1) is 24.2 Å². The lowest BCUT2D eigenvalue weighted by molar-refractivity contribution is -0.115. The Balaban J connectivity index is 1.72. The van der Waals surface area contributed by atoms with Gasteiger partial charge in [0.15, 0.2) is 5.82 Å². The van der Waals surface area contributed by atoms with E-state index in [1.165, 1.54) is 25.3 Å². The number of carbonyl (C=O) groups excluding carboxylic acids is 1. The summed E-state index contributed by atoms with van der Waals surface area (Å²) in [5.74, 6) is -0.935. The molecule has 0 aliphatic heterocycles. The summed E-state index contributed by atoms with van der Waals surface area (Å²) in [6.07, 6.45) is 4.17. The van der Waals surface area contributed by atoms with E-state index in [0.717, 1.165) is 11.6 Å². The van der Waals surface area contributed by atoms with Crippen molar-refractivity contribution in [3.63, 3.8) is 0 Å². The van der Waals surface area contributed by atoms with E-state index in [-0.39, 0.29) is 42.1 Å². The van der Waals surface area contributed by atoms with E-state index in [4.69, 9.17) is 4.74 Å². The summed E-state index contributed by atoms with van der Waals surface area (Å²) < 4.78 is 35.7. The highest BCUT2D eigenvalue weighted by Gasteiger charge is 2.16. The molecule has 0 fully saturated rings. The molecule has 4 aromatic rings. The molecule has 2 aromatic carbocycles. The predicted molar refractivity (Wildman–Crippen MR) is 130 cm³/mol. The van der Waals surface area contributed by atoms with Crippen molar-refractivity contribution in [2.45, 2.75) is 26.3 Å². The first-order valence-corrected chi connectivity index (χ1v) is 11.1. The number of hydrogen-bond donors (Lipinski definition) is 3. The van der Waals surface area contributed by atoms with Gasteiger partial charge in [0.2, 0.25) is 11.9 Å². The van der Waals surface area contributed by atoms with E-state index in [0.29, 0.717) is 35.3 Å². The van der Waals surface area contributed by atoms with Crippen LogP contribution >= 0.6 is 0 Å². The topological polar surface area (TPSA) is 101 Å². The number of methoxy groups -OCH3 is 1. The molecule has 2 heterocycles. The van der Waals surface area contributed by atoms with E-state index in [2.05, 4.69) is 20.6 Å². The fourth-order valence-electron chi connectivity index (χ4n) is 3.74. The Morgan fingerprint density at radius 2 is 2.00 bits per heavy atom. The third-order valence-corrected chi connectivity index (χ3v) is 5.46. The van der Waals surface area contributed by atoms with Crippen LogP contribution in [0.4, 0.5) is 26.1 Å². The normalized spacial score (nSPS) is 11.0. The maximum absolute atomic E-state index is 14.4. The van der Waals surface area contributed by atoms with Gasteiger partial charge in [0, 0.05) is 54.5 Å². The number of fused-ring (bicyclic) bond motifs is 1. The number of amides is 1. The molecule has 4 rings (SSSR count). The Labute approximate surface area is 200 Å². The molecule has 0 atom stereocenters. The van der Waals surface area contributed by atoms with E-state index in [1.54, 1.807) is 25.3 Å². The number of aliphatic hydroxyl groups excluding tert-OH is 1. The molecule has 0 saturated carbocycles. The number of halogens is 2. The number of aryl methyl sites for hydroxylation is 1.